The number of urea groups is 1. The Labute approximate surface area is 146 Å². The molecule has 1 aromatic carbocycles. The van der Waals surface area contributed by atoms with Gasteiger partial charge in [-0.1, -0.05) is 45.5 Å². The van der Waals surface area contributed by atoms with Gasteiger partial charge < -0.3 is 10.0 Å². The van der Waals surface area contributed by atoms with Crippen LogP contribution in [0.1, 0.15) is 29.3 Å². The van der Waals surface area contributed by atoms with Crippen LogP contribution in [-0.2, 0) is 6.54 Å². The van der Waals surface area contributed by atoms with E-state index in [0.717, 1.165) is 27.9 Å². The summed E-state index contributed by atoms with van der Waals surface area (Å²) in [5.41, 5.74) is 0.979. The highest BCUT2D eigenvalue weighted by Crippen LogP contribution is 2.42. The first kappa shape index (κ1) is 16.4. The normalized spacial score (nSPS) is 13.8. The van der Waals surface area contributed by atoms with Crippen LogP contribution < -0.4 is 5.32 Å². The van der Waals surface area contributed by atoms with E-state index in [4.69, 9.17) is 0 Å². The van der Waals surface area contributed by atoms with E-state index in [1.54, 1.807) is 4.90 Å². The van der Waals surface area contributed by atoms with E-state index in [-0.39, 0.29) is 19.2 Å². The Morgan fingerprint density at radius 1 is 1.39 bits per heavy atom. The zero-order chi connectivity index (χ0) is 16.2. The van der Waals surface area contributed by atoms with Crippen LogP contribution in [0.25, 0.3) is 0 Å². The number of hydrogen-bond acceptors (Lipinski definition) is 5. The molecule has 1 aromatic heterocycles. The summed E-state index contributed by atoms with van der Waals surface area (Å²) < 4.78 is 0.933. The SMILES string of the molecule is O=C(Nc1nnc(C2CC2)s1)N(CCO)Cc1ccccc1Br. The Kier molecular flexibility index (Phi) is 5.24. The van der Waals surface area contributed by atoms with Gasteiger partial charge in [-0.05, 0) is 24.5 Å². The summed E-state index contributed by atoms with van der Waals surface area (Å²) in [5.74, 6) is 0.520. The maximum Gasteiger partial charge on any atom is 0.324 e. The van der Waals surface area contributed by atoms with Gasteiger partial charge in [0.15, 0.2) is 0 Å². The molecular formula is C15H17BrN4O2S. The number of amides is 2. The second-order valence-electron chi connectivity index (χ2n) is 5.39. The maximum absolute atomic E-state index is 12.4. The smallest absolute Gasteiger partial charge is 0.324 e. The molecule has 2 amide bonds. The van der Waals surface area contributed by atoms with Crippen LogP contribution >= 0.6 is 27.3 Å². The zero-order valence-corrected chi connectivity index (χ0v) is 14.8. The van der Waals surface area contributed by atoms with Crippen molar-refractivity contribution in [1.29, 1.82) is 0 Å². The van der Waals surface area contributed by atoms with Crippen LogP contribution in [-0.4, -0.2) is 39.4 Å². The fourth-order valence-electron chi connectivity index (χ4n) is 2.16. The fourth-order valence-corrected chi connectivity index (χ4v) is 3.47. The van der Waals surface area contributed by atoms with Crippen molar-refractivity contribution in [3.05, 3.63) is 39.3 Å². The van der Waals surface area contributed by atoms with Gasteiger partial charge in [0, 0.05) is 23.5 Å². The molecule has 1 heterocycles. The molecule has 0 spiro atoms. The van der Waals surface area contributed by atoms with Crippen LogP contribution in [0.5, 0.6) is 0 Å². The molecule has 1 aliphatic rings. The van der Waals surface area contributed by atoms with Crippen molar-refractivity contribution in [3.8, 4) is 0 Å². The molecule has 0 saturated heterocycles. The molecule has 122 valence electrons. The van der Waals surface area contributed by atoms with Gasteiger partial charge in [0.2, 0.25) is 5.13 Å². The molecule has 0 atom stereocenters. The van der Waals surface area contributed by atoms with Crippen molar-refractivity contribution in [2.75, 3.05) is 18.5 Å². The third kappa shape index (κ3) is 4.27. The Balaban J connectivity index is 1.66. The number of anilines is 1. The molecule has 8 heteroatoms. The second-order valence-corrected chi connectivity index (χ2v) is 7.25. The average Bonchev–Trinajstić information content (AvgIpc) is 3.29. The van der Waals surface area contributed by atoms with Crippen molar-refractivity contribution >= 4 is 38.4 Å². The van der Waals surface area contributed by atoms with E-state index in [2.05, 4.69) is 31.4 Å². The maximum atomic E-state index is 12.4. The number of aliphatic hydroxyl groups excluding tert-OH is 1. The third-order valence-electron chi connectivity index (χ3n) is 3.56. The lowest BCUT2D eigenvalue weighted by Crippen LogP contribution is -2.36. The molecule has 0 unspecified atom stereocenters. The summed E-state index contributed by atoms with van der Waals surface area (Å²) in [5, 5.41) is 21.6. The first-order valence-electron chi connectivity index (χ1n) is 7.41. The lowest BCUT2D eigenvalue weighted by atomic mass is 10.2. The second kappa shape index (κ2) is 7.37. The number of rotatable bonds is 6. The van der Waals surface area contributed by atoms with Gasteiger partial charge in [0.1, 0.15) is 5.01 Å². The van der Waals surface area contributed by atoms with Gasteiger partial charge in [0.05, 0.1) is 6.61 Å². The topological polar surface area (TPSA) is 78.4 Å². The average molecular weight is 397 g/mol. The number of halogens is 1. The van der Waals surface area contributed by atoms with Crippen LogP contribution in [0.3, 0.4) is 0 Å². The van der Waals surface area contributed by atoms with E-state index in [1.165, 1.54) is 11.3 Å². The molecule has 1 aliphatic carbocycles. The van der Waals surface area contributed by atoms with Crippen molar-refractivity contribution < 1.29 is 9.90 Å². The monoisotopic (exact) mass is 396 g/mol. The number of benzene rings is 1. The third-order valence-corrected chi connectivity index (χ3v) is 5.33. The van der Waals surface area contributed by atoms with Gasteiger partial charge in [0.25, 0.3) is 0 Å². The van der Waals surface area contributed by atoms with Gasteiger partial charge in [-0.15, -0.1) is 10.2 Å². The number of carbonyl (C=O) groups excluding carboxylic acids is 1. The Hall–Kier alpha value is -1.51. The Bertz CT molecular complexity index is 690. The molecule has 3 rings (SSSR count). The predicted octanol–water partition coefficient (Wildman–Crippen LogP) is 3.20. The summed E-state index contributed by atoms with van der Waals surface area (Å²) >= 11 is 4.90. The molecule has 2 N–H and O–H groups in total. The molecule has 23 heavy (non-hydrogen) atoms. The lowest BCUT2D eigenvalue weighted by molar-refractivity contribution is 0.185. The number of hydrogen-bond donors (Lipinski definition) is 2. The fraction of sp³-hybridized carbons (Fsp3) is 0.400. The Morgan fingerprint density at radius 2 is 2.17 bits per heavy atom. The Morgan fingerprint density at radius 3 is 2.87 bits per heavy atom. The highest BCUT2D eigenvalue weighted by atomic mass is 79.9. The largest absolute Gasteiger partial charge is 0.395 e. The minimum atomic E-state index is -0.284. The highest BCUT2D eigenvalue weighted by molar-refractivity contribution is 9.10. The lowest BCUT2D eigenvalue weighted by Gasteiger charge is -2.22. The van der Waals surface area contributed by atoms with E-state index >= 15 is 0 Å². The number of nitrogens with zero attached hydrogens (tertiary/aromatic N) is 3. The number of aliphatic hydroxyl groups is 1. The van der Waals surface area contributed by atoms with Gasteiger partial charge >= 0.3 is 6.03 Å². The standard InChI is InChI=1S/C15H17BrN4O2S/c16-12-4-2-1-3-11(12)9-20(7-8-21)15(22)17-14-19-18-13(23-14)10-5-6-10/h1-4,10,21H,5-9H2,(H,17,19,22). The van der Waals surface area contributed by atoms with E-state index in [0.29, 0.717) is 17.6 Å². The van der Waals surface area contributed by atoms with Crippen LogP contribution in [0.15, 0.2) is 28.7 Å². The molecule has 0 bridgehead atoms. The first-order chi connectivity index (χ1) is 11.2. The molecular weight excluding hydrogens is 380 g/mol. The van der Waals surface area contributed by atoms with E-state index in [1.807, 2.05) is 24.3 Å². The molecule has 0 aliphatic heterocycles. The van der Waals surface area contributed by atoms with E-state index < -0.39 is 0 Å². The number of aromatic nitrogens is 2. The highest BCUT2D eigenvalue weighted by Gasteiger charge is 2.28. The summed E-state index contributed by atoms with van der Waals surface area (Å²) in [6, 6.07) is 7.43. The summed E-state index contributed by atoms with van der Waals surface area (Å²) in [4.78, 5) is 14.0. The number of nitrogens with one attached hydrogen (secondary N) is 1. The van der Waals surface area contributed by atoms with Crippen molar-refractivity contribution in [2.24, 2.45) is 0 Å². The van der Waals surface area contributed by atoms with Crippen LogP contribution in [0, 0.1) is 0 Å². The molecule has 1 saturated carbocycles. The minimum absolute atomic E-state index is 0.0959. The summed E-state index contributed by atoms with van der Waals surface area (Å²) in [6.07, 6.45) is 2.31. The molecule has 2 aromatic rings. The summed E-state index contributed by atoms with van der Waals surface area (Å²) in [6.45, 7) is 0.560. The number of carbonyl (C=O) groups is 1. The predicted molar refractivity (Wildman–Crippen MR) is 92.5 cm³/mol. The molecule has 0 radical (unpaired) electrons. The first-order valence-corrected chi connectivity index (χ1v) is 9.02. The minimum Gasteiger partial charge on any atom is -0.395 e. The zero-order valence-electron chi connectivity index (χ0n) is 12.4. The van der Waals surface area contributed by atoms with Crippen molar-refractivity contribution in [2.45, 2.75) is 25.3 Å². The van der Waals surface area contributed by atoms with Gasteiger partial charge in [-0.25, -0.2) is 4.79 Å². The van der Waals surface area contributed by atoms with Crippen LogP contribution in [0.4, 0.5) is 9.93 Å². The van der Waals surface area contributed by atoms with Gasteiger partial charge in [-0.2, -0.15) is 0 Å². The van der Waals surface area contributed by atoms with Crippen molar-refractivity contribution in [1.82, 2.24) is 15.1 Å². The van der Waals surface area contributed by atoms with E-state index in [9.17, 15) is 9.90 Å². The molecule has 6 nitrogen and oxygen atoms in total. The van der Waals surface area contributed by atoms with Crippen LogP contribution in [0.2, 0.25) is 0 Å². The van der Waals surface area contributed by atoms with Crippen molar-refractivity contribution in [3.63, 3.8) is 0 Å². The molecule has 1 fully saturated rings. The van der Waals surface area contributed by atoms with Gasteiger partial charge in [-0.3, -0.25) is 5.32 Å². The quantitative estimate of drug-likeness (QED) is 0.785. The summed E-state index contributed by atoms with van der Waals surface area (Å²) in [7, 11) is 0.